The molecule has 0 unspecified atom stereocenters. The molecule has 0 aliphatic heterocycles. The van der Waals surface area contributed by atoms with Crippen molar-refractivity contribution in [3.05, 3.63) is 54.4 Å². The molecule has 1 aromatic heterocycles. The quantitative estimate of drug-likeness (QED) is 0.641. The molecule has 134 valence electrons. The smallest absolute Gasteiger partial charge is 0.323 e. The van der Waals surface area contributed by atoms with E-state index in [0.717, 1.165) is 5.56 Å². The van der Waals surface area contributed by atoms with E-state index in [1.165, 1.54) is 24.3 Å². The van der Waals surface area contributed by atoms with Gasteiger partial charge in [0.2, 0.25) is 21.7 Å². The van der Waals surface area contributed by atoms with Crippen LogP contribution in [0, 0.1) is 6.92 Å². The Bertz CT molecular complexity index is 1030. The highest BCUT2D eigenvalue weighted by Gasteiger charge is 2.09. The molecule has 0 radical (unpaired) electrons. The molecule has 1 heterocycles. The standard InChI is InChI=1S/C16H15N5O4S/c1-10-18-15(21-25-10)11-2-4-12(5-3-11)19-16(22)20-13-6-8-14(9-7-13)26(17,23)24/h2-9H,1H3,(H2,17,23,24)(H2,19,20,22). The first-order valence-electron chi connectivity index (χ1n) is 7.43. The summed E-state index contributed by atoms with van der Waals surface area (Å²) in [7, 11) is -3.77. The number of benzene rings is 2. The summed E-state index contributed by atoms with van der Waals surface area (Å²) in [5.74, 6) is 0.934. The van der Waals surface area contributed by atoms with Gasteiger partial charge in [-0.05, 0) is 48.5 Å². The summed E-state index contributed by atoms with van der Waals surface area (Å²) in [6.45, 7) is 1.70. The number of rotatable bonds is 4. The van der Waals surface area contributed by atoms with Gasteiger partial charge < -0.3 is 15.2 Å². The zero-order valence-corrected chi connectivity index (χ0v) is 14.4. The summed E-state index contributed by atoms with van der Waals surface area (Å²) >= 11 is 0. The number of carbonyl (C=O) groups is 1. The molecule has 4 N–H and O–H groups in total. The number of anilines is 2. The van der Waals surface area contributed by atoms with Crippen LogP contribution in [0.2, 0.25) is 0 Å². The third-order valence-electron chi connectivity index (χ3n) is 3.37. The lowest BCUT2D eigenvalue weighted by Crippen LogP contribution is -2.19. The Morgan fingerprint density at radius 3 is 2.00 bits per heavy atom. The van der Waals surface area contributed by atoms with E-state index < -0.39 is 16.1 Å². The van der Waals surface area contributed by atoms with E-state index in [1.807, 2.05) is 0 Å². The molecule has 0 bridgehead atoms. The molecule has 0 aliphatic carbocycles. The van der Waals surface area contributed by atoms with Gasteiger partial charge in [-0.1, -0.05) is 5.16 Å². The molecule has 0 atom stereocenters. The van der Waals surface area contributed by atoms with Crippen molar-refractivity contribution < 1.29 is 17.7 Å². The Kier molecular flexibility index (Phi) is 4.69. The molecule has 10 heteroatoms. The molecule has 0 aliphatic rings. The van der Waals surface area contributed by atoms with Crippen molar-refractivity contribution >= 4 is 27.4 Å². The van der Waals surface area contributed by atoms with E-state index in [0.29, 0.717) is 23.1 Å². The van der Waals surface area contributed by atoms with Crippen LogP contribution in [0.1, 0.15) is 5.89 Å². The predicted molar refractivity (Wildman–Crippen MR) is 94.9 cm³/mol. The van der Waals surface area contributed by atoms with Crippen molar-refractivity contribution in [3.63, 3.8) is 0 Å². The second-order valence-corrected chi connectivity index (χ2v) is 6.92. The minimum atomic E-state index is -3.77. The molecule has 0 fully saturated rings. The van der Waals surface area contributed by atoms with Crippen molar-refractivity contribution in [2.75, 3.05) is 10.6 Å². The van der Waals surface area contributed by atoms with Gasteiger partial charge in [-0.2, -0.15) is 4.98 Å². The fourth-order valence-corrected chi connectivity index (χ4v) is 2.66. The Hall–Kier alpha value is -3.24. The van der Waals surface area contributed by atoms with Crippen molar-refractivity contribution in [1.29, 1.82) is 0 Å². The lowest BCUT2D eigenvalue weighted by Gasteiger charge is -2.08. The van der Waals surface area contributed by atoms with E-state index in [1.54, 1.807) is 31.2 Å². The number of hydrogen-bond donors (Lipinski definition) is 3. The number of nitrogens with zero attached hydrogens (tertiary/aromatic N) is 2. The van der Waals surface area contributed by atoms with Gasteiger partial charge in [0.1, 0.15) is 0 Å². The number of sulfonamides is 1. The van der Waals surface area contributed by atoms with Crippen LogP contribution < -0.4 is 15.8 Å². The summed E-state index contributed by atoms with van der Waals surface area (Å²) in [5, 5.41) is 14.1. The highest BCUT2D eigenvalue weighted by molar-refractivity contribution is 7.89. The van der Waals surface area contributed by atoms with Crippen molar-refractivity contribution in [2.45, 2.75) is 11.8 Å². The molecular weight excluding hydrogens is 358 g/mol. The Morgan fingerprint density at radius 2 is 1.54 bits per heavy atom. The average molecular weight is 373 g/mol. The number of amides is 2. The number of aryl methyl sites for hydroxylation is 1. The Labute approximate surface area is 149 Å². The van der Waals surface area contributed by atoms with E-state index >= 15 is 0 Å². The van der Waals surface area contributed by atoms with Gasteiger partial charge in [0.25, 0.3) is 0 Å². The molecule has 2 amide bonds. The average Bonchev–Trinajstić information content (AvgIpc) is 3.01. The summed E-state index contributed by atoms with van der Waals surface area (Å²) in [6.07, 6.45) is 0. The summed E-state index contributed by atoms with van der Waals surface area (Å²) in [4.78, 5) is 16.1. The number of nitrogens with one attached hydrogen (secondary N) is 2. The van der Waals surface area contributed by atoms with Crippen molar-refractivity contribution in [2.24, 2.45) is 5.14 Å². The maximum absolute atomic E-state index is 12.0. The van der Waals surface area contributed by atoms with Gasteiger partial charge in [-0.3, -0.25) is 0 Å². The Morgan fingerprint density at radius 1 is 1.00 bits per heavy atom. The highest BCUT2D eigenvalue weighted by atomic mass is 32.2. The number of aromatic nitrogens is 2. The molecule has 3 aromatic rings. The first kappa shape index (κ1) is 17.6. The topological polar surface area (TPSA) is 140 Å². The van der Waals surface area contributed by atoms with Crippen LogP contribution in [0.15, 0.2) is 57.9 Å². The molecule has 3 rings (SSSR count). The monoisotopic (exact) mass is 373 g/mol. The summed E-state index contributed by atoms with van der Waals surface area (Å²) in [6, 6.07) is 11.9. The van der Waals surface area contributed by atoms with E-state index in [9.17, 15) is 13.2 Å². The van der Waals surface area contributed by atoms with Gasteiger partial charge in [0.15, 0.2) is 0 Å². The first-order valence-corrected chi connectivity index (χ1v) is 8.97. The molecule has 0 saturated heterocycles. The van der Waals surface area contributed by atoms with Crippen LogP contribution in [0.3, 0.4) is 0 Å². The van der Waals surface area contributed by atoms with Crippen LogP contribution in [0.4, 0.5) is 16.2 Å². The highest BCUT2D eigenvalue weighted by Crippen LogP contribution is 2.19. The van der Waals surface area contributed by atoms with Gasteiger partial charge in [0.05, 0.1) is 4.90 Å². The molecule has 26 heavy (non-hydrogen) atoms. The number of carbonyl (C=O) groups excluding carboxylic acids is 1. The van der Waals surface area contributed by atoms with Gasteiger partial charge in [0, 0.05) is 23.9 Å². The zero-order chi connectivity index (χ0) is 18.7. The lowest BCUT2D eigenvalue weighted by molar-refractivity contribution is 0.262. The minimum Gasteiger partial charge on any atom is -0.339 e. The lowest BCUT2D eigenvalue weighted by atomic mass is 10.2. The van der Waals surface area contributed by atoms with Crippen molar-refractivity contribution in [1.82, 2.24) is 10.1 Å². The number of primary sulfonamides is 1. The van der Waals surface area contributed by atoms with Crippen LogP contribution in [0.5, 0.6) is 0 Å². The predicted octanol–water partition coefficient (Wildman–Crippen LogP) is 2.34. The minimum absolute atomic E-state index is 0.0317. The van der Waals surface area contributed by atoms with Crippen LogP contribution in [-0.2, 0) is 10.0 Å². The maximum atomic E-state index is 12.0. The van der Waals surface area contributed by atoms with Crippen molar-refractivity contribution in [3.8, 4) is 11.4 Å². The maximum Gasteiger partial charge on any atom is 0.323 e. The second-order valence-electron chi connectivity index (χ2n) is 5.36. The van der Waals surface area contributed by atoms with Crippen LogP contribution in [-0.4, -0.2) is 24.6 Å². The van der Waals surface area contributed by atoms with Gasteiger partial charge in [-0.15, -0.1) is 0 Å². The van der Waals surface area contributed by atoms with Crippen LogP contribution >= 0.6 is 0 Å². The SMILES string of the molecule is Cc1nc(-c2ccc(NC(=O)Nc3ccc(S(N)(=O)=O)cc3)cc2)no1. The fourth-order valence-electron chi connectivity index (χ4n) is 2.14. The van der Waals surface area contributed by atoms with Crippen LogP contribution in [0.25, 0.3) is 11.4 Å². The fraction of sp³-hybridized carbons (Fsp3) is 0.0625. The molecular formula is C16H15N5O4S. The third kappa shape index (κ3) is 4.23. The number of nitrogens with two attached hydrogens (primary N) is 1. The Balaban J connectivity index is 1.63. The van der Waals surface area contributed by atoms with E-state index in [-0.39, 0.29) is 4.90 Å². The molecule has 0 spiro atoms. The number of urea groups is 1. The third-order valence-corrected chi connectivity index (χ3v) is 4.30. The number of hydrogen-bond acceptors (Lipinski definition) is 6. The zero-order valence-electron chi connectivity index (χ0n) is 13.6. The summed E-state index contributed by atoms with van der Waals surface area (Å²) in [5.41, 5.74) is 1.74. The molecule has 0 saturated carbocycles. The molecule has 9 nitrogen and oxygen atoms in total. The molecule has 2 aromatic carbocycles. The second kappa shape index (κ2) is 6.94. The largest absolute Gasteiger partial charge is 0.339 e. The normalized spacial score (nSPS) is 11.2. The summed E-state index contributed by atoms with van der Waals surface area (Å²) < 4.78 is 27.3. The van der Waals surface area contributed by atoms with Gasteiger partial charge in [-0.25, -0.2) is 18.4 Å². The van der Waals surface area contributed by atoms with E-state index in [2.05, 4.69) is 20.8 Å². The first-order chi connectivity index (χ1) is 12.3. The van der Waals surface area contributed by atoms with Gasteiger partial charge >= 0.3 is 6.03 Å². The van der Waals surface area contributed by atoms with E-state index in [4.69, 9.17) is 9.66 Å².